The molecule has 0 saturated carbocycles. The van der Waals surface area contributed by atoms with E-state index < -0.39 is 0 Å². The topological polar surface area (TPSA) is 97.1 Å². The molecule has 5 rings (SSSR count). The molecule has 12 heteroatoms. The highest BCUT2D eigenvalue weighted by molar-refractivity contribution is 6.41. The van der Waals surface area contributed by atoms with Crippen LogP contribution in [0, 0.1) is 0 Å². The minimum atomic E-state index is -0.00412. The van der Waals surface area contributed by atoms with Crippen LogP contribution >= 0.6 is 23.2 Å². The van der Waals surface area contributed by atoms with Crippen LogP contribution in [0.4, 0.5) is 5.95 Å². The van der Waals surface area contributed by atoms with Crippen molar-refractivity contribution in [2.45, 2.75) is 26.2 Å². The lowest BCUT2D eigenvalue weighted by atomic mass is 10.0. The minimum absolute atomic E-state index is 0.00412. The van der Waals surface area contributed by atoms with Crippen molar-refractivity contribution in [1.82, 2.24) is 29.2 Å². The van der Waals surface area contributed by atoms with Gasteiger partial charge < -0.3 is 19.7 Å². The van der Waals surface area contributed by atoms with Gasteiger partial charge in [-0.25, -0.2) is 9.97 Å². The normalized spacial score (nSPS) is 14.0. The van der Waals surface area contributed by atoms with Crippen molar-refractivity contribution in [3.63, 3.8) is 0 Å². The van der Waals surface area contributed by atoms with Gasteiger partial charge in [0.2, 0.25) is 11.9 Å². The molecule has 1 fully saturated rings. The number of nitrogens with zero attached hydrogens (tertiary/aromatic N) is 6. The SMILES string of the molecule is C=CC(=O)N1CCN(CCCc2cn3c(n2)c(-c2c(Cl)c(CC)cc(OC)c2Cl)cc2cnc(NCCOC)nc23)CC1. The summed E-state index contributed by atoms with van der Waals surface area (Å²) < 4.78 is 12.8. The van der Waals surface area contributed by atoms with Gasteiger partial charge in [0.05, 0.1) is 29.5 Å². The molecule has 4 heterocycles. The minimum Gasteiger partial charge on any atom is -0.495 e. The first kappa shape index (κ1) is 31.0. The van der Waals surface area contributed by atoms with Crippen molar-refractivity contribution in [2.24, 2.45) is 0 Å². The molecule has 43 heavy (non-hydrogen) atoms. The molecule has 1 amide bonds. The first-order valence-corrected chi connectivity index (χ1v) is 15.2. The van der Waals surface area contributed by atoms with Crippen LogP contribution in [-0.2, 0) is 22.4 Å². The summed E-state index contributed by atoms with van der Waals surface area (Å²) in [6.45, 7) is 10.8. The van der Waals surface area contributed by atoms with Gasteiger partial charge in [-0.2, -0.15) is 4.98 Å². The Bertz CT molecular complexity index is 1610. The molecule has 0 aliphatic carbocycles. The lowest BCUT2D eigenvalue weighted by Gasteiger charge is -2.34. The fourth-order valence-electron chi connectivity index (χ4n) is 5.44. The Morgan fingerprint density at radius 1 is 1.12 bits per heavy atom. The summed E-state index contributed by atoms with van der Waals surface area (Å²) in [5.41, 5.74) is 4.77. The number of ether oxygens (including phenoxy) is 2. The van der Waals surface area contributed by atoms with Crippen molar-refractivity contribution < 1.29 is 14.3 Å². The fourth-order valence-corrected chi connectivity index (χ4v) is 6.20. The first-order chi connectivity index (χ1) is 20.9. The van der Waals surface area contributed by atoms with Gasteiger partial charge in [-0.3, -0.25) is 14.1 Å². The number of benzene rings is 1. The number of carbonyl (C=O) groups is 1. The average Bonchev–Trinajstić information content (AvgIpc) is 3.46. The van der Waals surface area contributed by atoms with E-state index in [2.05, 4.69) is 21.8 Å². The number of fused-ring (bicyclic) bond motifs is 3. The van der Waals surface area contributed by atoms with Crippen LogP contribution in [0.1, 0.15) is 24.6 Å². The molecule has 0 radical (unpaired) electrons. The lowest BCUT2D eigenvalue weighted by molar-refractivity contribution is -0.127. The number of pyridine rings is 1. The Hall–Kier alpha value is -3.44. The Labute approximate surface area is 261 Å². The Morgan fingerprint density at radius 2 is 1.91 bits per heavy atom. The third-order valence-electron chi connectivity index (χ3n) is 7.79. The second kappa shape index (κ2) is 13.9. The number of hydrogen-bond acceptors (Lipinski definition) is 8. The number of anilines is 1. The largest absolute Gasteiger partial charge is 0.495 e. The van der Waals surface area contributed by atoms with E-state index in [9.17, 15) is 4.79 Å². The number of imidazole rings is 1. The number of piperazine rings is 1. The molecule has 10 nitrogen and oxygen atoms in total. The lowest BCUT2D eigenvalue weighted by Crippen LogP contribution is -2.48. The van der Waals surface area contributed by atoms with E-state index in [1.807, 2.05) is 34.6 Å². The van der Waals surface area contributed by atoms with Crippen LogP contribution in [0.15, 0.2) is 37.2 Å². The third kappa shape index (κ3) is 6.57. The summed E-state index contributed by atoms with van der Waals surface area (Å²) in [6, 6.07) is 3.88. The second-order valence-corrected chi connectivity index (χ2v) is 11.2. The standard InChI is InChI=1S/C31H37Cl2N7O3/c1-5-20-17-24(43-4)28(33)26(27(20)32)23-16-21-18-35-31(34-9-15-42-3)37-29(21)40-19-22(36-30(23)40)8-7-10-38-11-13-39(14-12-38)25(41)6-2/h6,16-19H,2,5,7-15H2,1,3-4H3,(H,34,35,37). The van der Waals surface area contributed by atoms with Gasteiger partial charge in [-0.15, -0.1) is 0 Å². The van der Waals surface area contributed by atoms with E-state index in [0.717, 1.165) is 79.8 Å². The number of aromatic nitrogens is 4. The maximum absolute atomic E-state index is 11.9. The van der Waals surface area contributed by atoms with Crippen LogP contribution in [0.2, 0.25) is 10.0 Å². The van der Waals surface area contributed by atoms with Crippen molar-refractivity contribution in [2.75, 3.05) is 65.4 Å². The molecule has 0 spiro atoms. The number of rotatable bonds is 12. The molecule has 228 valence electrons. The molecular formula is C31H37Cl2N7O3. The zero-order valence-corrected chi connectivity index (χ0v) is 26.3. The number of amides is 1. The maximum atomic E-state index is 11.9. The van der Waals surface area contributed by atoms with Crippen LogP contribution in [0.5, 0.6) is 5.75 Å². The zero-order valence-electron chi connectivity index (χ0n) is 24.8. The molecular weight excluding hydrogens is 589 g/mol. The highest BCUT2D eigenvalue weighted by atomic mass is 35.5. The molecule has 4 aromatic rings. The first-order valence-electron chi connectivity index (χ1n) is 14.5. The van der Waals surface area contributed by atoms with Crippen molar-refractivity contribution in [1.29, 1.82) is 0 Å². The summed E-state index contributed by atoms with van der Waals surface area (Å²) in [6.07, 6.45) is 7.63. The van der Waals surface area contributed by atoms with Crippen molar-refractivity contribution >= 4 is 51.7 Å². The predicted molar refractivity (Wildman–Crippen MR) is 172 cm³/mol. The van der Waals surface area contributed by atoms with E-state index in [-0.39, 0.29) is 5.91 Å². The molecule has 0 bridgehead atoms. The average molecular weight is 627 g/mol. The number of hydrogen-bond donors (Lipinski definition) is 1. The molecule has 0 unspecified atom stereocenters. The van der Waals surface area contributed by atoms with Gasteiger partial charge in [0.1, 0.15) is 11.4 Å². The number of nitrogens with one attached hydrogen (secondary N) is 1. The summed E-state index contributed by atoms with van der Waals surface area (Å²) in [5, 5.41) is 5.05. The molecule has 1 aromatic carbocycles. The molecule has 1 aliphatic heterocycles. The van der Waals surface area contributed by atoms with E-state index in [1.165, 1.54) is 6.08 Å². The van der Waals surface area contributed by atoms with Crippen molar-refractivity contribution in [3.05, 3.63) is 58.5 Å². The number of aryl methyl sites for hydroxylation is 2. The molecule has 1 saturated heterocycles. The Balaban J connectivity index is 1.50. The molecule has 3 aromatic heterocycles. The predicted octanol–water partition coefficient (Wildman–Crippen LogP) is 5.14. The molecule has 0 atom stereocenters. The van der Waals surface area contributed by atoms with Crippen LogP contribution < -0.4 is 10.1 Å². The monoisotopic (exact) mass is 625 g/mol. The number of methoxy groups -OCH3 is 2. The Kier molecular flexibility index (Phi) is 10.0. The number of carbonyl (C=O) groups excluding carboxylic acids is 1. The molecule has 1 aliphatic rings. The van der Waals surface area contributed by atoms with Crippen molar-refractivity contribution in [3.8, 4) is 16.9 Å². The van der Waals surface area contributed by atoms with Crippen LogP contribution in [0.3, 0.4) is 0 Å². The van der Waals surface area contributed by atoms with Crippen LogP contribution in [-0.4, -0.2) is 95.2 Å². The third-order valence-corrected chi connectivity index (χ3v) is 8.60. The fraction of sp³-hybridized carbons (Fsp3) is 0.419. The van der Waals surface area contributed by atoms with Crippen LogP contribution in [0.25, 0.3) is 27.8 Å². The van der Waals surface area contributed by atoms with Gasteiger partial charge in [0.15, 0.2) is 5.65 Å². The molecule has 1 N–H and O–H groups in total. The van der Waals surface area contributed by atoms with Gasteiger partial charge in [0.25, 0.3) is 0 Å². The summed E-state index contributed by atoms with van der Waals surface area (Å²) in [7, 11) is 3.26. The summed E-state index contributed by atoms with van der Waals surface area (Å²) in [4.78, 5) is 30.6. The summed E-state index contributed by atoms with van der Waals surface area (Å²) in [5.74, 6) is 1.07. The van der Waals surface area contributed by atoms with E-state index in [4.69, 9.17) is 42.6 Å². The van der Waals surface area contributed by atoms with Gasteiger partial charge in [0, 0.05) is 68.7 Å². The van der Waals surface area contributed by atoms with E-state index in [1.54, 1.807) is 20.4 Å². The van der Waals surface area contributed by atoms with Gasteiger partial charge >= 0.3 is 0 Å². The van der Waals surface area contributed by atoms with Gasteiger partial charge in [-0.1, -0.05) is 36.7 Å². The van der Waals surface area contributed by atoms with E-state index in [0.29, 0.717) is 46.1 Å². The highest BCUT2D eigenvalue weighted by Gasteiger charge is 2.23. The summed E-state index contributed by atoms with van der Waals surface area (Å²) >= 11 is 13.9. The maximum Gasteiger partial charge on any atom is 0.246 e. The van der Waals surface area contributed by atoms with E-state index >= 15 is 0 Å². The Morgan fingerprint density at radius 3 is 2.60 bits per heavy atom. The number of halogens is 2. The smallest absolute Gasteiger partial charge is 0.246 e. The van der Waals surface area contributed by atoms with Gasteiger partial charge in [-0.05, 0) is 49.6 Å². The second-order valence-electron chi connectivity index (χ2n) is 10.4. The zero-order chi connectivity index (χ0) is 30.5. The quantitative estimate of drug-likeness (QED) is 0.171. The highest BCUT2D eigenvalue weighted by Crippen LogP contribution is 2.45.